The van der Waals surface area contributed by atoms with Crippen molar-refractivity contribution in [3.8, 4) is 0 Å². The third-order valence-corrected chi connectivity index (χ3v) is 2.40. The van der Waals surface area contributed by atoms with E-state index in [-0.39, 0.29) is 13.0 Å². The van der Waals surface area contributed by atoms with Crippen LogP contribution in [-0.4, -0.2) is 57.0 Å². The summed E-state index contributed by atoms with van der Waals surface area (Å²) in [5, 5.41) is 26.9. The Kier molecular flexibility index (Phi) is 2.63. The molecule has 1 saturated heterocycles. The van der Waals surface area contributed by atoms with Crippen LogP contribution in [0.2, 0.25) is 0 Å². The number of carboxylic acid groups (broad SMARTS) is 2. The molecule has 1 fully saturated rings. The molecule has 0 saturated carbocycles. The van der Waals surface area contributed by atoms with E-state index >= 15 is 0 Å². The lowest BCUT2D eigenvalue weighted by Crippen LogP contribution is -2.65. The molecule has 1 aliphatic rings. The number of piperidine rings is 1. The lowest BCUT2D eigenvalue weighted by molar-refractivity contribution is -0.165. The van der Waals surface area contributed by atoms with Crippen LogP contribution in [0.4, 0.5) is 4.79 Å². The van der Waals surface area contributed by atoms with Gasteiger partial charge in [-0.05, 0) is 6.42 Å². The van der Waals surface area contributed by atoms with E-state index in [0.29, 0.717) is 0 Å². The van der Waals surface area contributed by atoms with E-state index in [1.54, 1.807) is 0 Å². The predicted octanol–water partition coefficient (Wildman–Crippen LogP) is -1.49. The first-order chi connectivity index (χ1) is 6.38. The van der Waals surface area contributed by atoms with Crippen molar-refractivity contribution in [3.05, 3.63) is 0 Å². The molecule has 7 nitrogen and oxygen atoms in total. The maximum absolute atomic E-state index is 10.7. The molecule has 1 amide bonds. The van der Waals surface area contributed by atoms with Crippen LogP contribution < -0.4 is 5.73 Å². The molecule has 0 aromatic rings. The standard InChI is InChI=1S/C7H12N2O5/c8-4-1-2-9(6(12)13)3-7(4,14)5(10)11/h4,14H,1-3,8H2,(H,10,11)(H,12,13)/t4-,7-/m1/s1. The van der Waals surface area contributed by atoms with E-state index in [2.05, 4.69) is 0 Å². The maximum Gasteiger partial charge on any atom is 0.407 e. The number of amides is 1. The molecule has 14 heavy (non-hydrogen) atoms. The van der Waals surface area contributed by atoms with Crippen LogP contribution in [0.5, 0.6) is 0 Å². The fourth-order valence-corrected chi connectivity index (χ4v) is 1.41. The Balaban J connectivity index is 2.83. The molecule has 0 unspecified atom stereocenters. The van der Waals surface area contributed by atoms with Gasteiger partial charge < -0.3 is 26.0 Å². The van der Waals surface area contributed by atoms with E-state index in [1.165, 1.54) is 0 Å². The number of aliphatic carboxylic acids is 1. The fraction of sp³-hybridized carbons (Fsp3) is 0.714. The number of carbonyl (C=O) groups is 2. The first-order valence-electron chi connectivity index (χ1n) is 4.07. The molecule has 2 atom stereocenters. The molecule has 0 aliphatic carbocycles. The van der Waals surface area contributed by atoms with Crippen LogP contribution in [-0.2, 0) is 4.79 Å². The zero-order chi connectivity index (χ0) is 10.9. The number of nitrogens with zero attached hydrogens (tertiary/aromatic N) is 1. The average Bonchev–Trinajstić information content (AvgIpc) is 2.09. The van der Waals surface area contributed by atoms with Crippen molar-refractivity contribution < 1.29 is 24.9 Å². The summed E-state index contributed by atoms with van der Waals surface area (Å²) < 4.78 is 0. The Morgan fingerprint density at radius 1 is 1.43 bits per heavy atom. The van der Waals surface area contributed by atoms with E-state index < -0.39 is 30.3 Å². The summed E-state index contributed by atoms with van der Waals surface area (Å²) in [5.41, 5.74) is 3.26. The Hall–Kier alpha value is -1.34. The molecule has 0 aromatic heterocycles. The van der Waals surface area contributed by atoms with Crippen LogP contribution in [0, 0.1) is 0 Å². The van der Waals surface area contributed by atoms with Crippen molar-refractivity contribution in [3.63, 3.8) is 0 Å². The van der Waals surface area contributed by atoms with Gasteiger partial charge in [0.2, 0.25) is 0 Å². The molecule has 1 heterocycles. The first-order valence-corrected chi connectivity index (χ1v) is 4.07. The van der Waals surface area contributed by atoms with Crippen molar-refractivity contribution in [2.75, 3.05) is 13.1 Å². The molecule has 1 rings (SSSR count). The molecular weight excluding hydrogens is 192 g/mol. The van der Waals surface area contributed by atoms with Crippen molar-refractivity contribution in [2.24, 2.45) is 5.73 Å². The van der Waals surface area contributed by atoms with Gasteiger partial charge in [0.15, 0.2) is 5.60 Å². The molecule has 0 aromatic carbocycles. The second-order valence-electron chi connectivity index (χ2n) is 3.33. The Labute approximate surface area is 79.7 Å². The smallest absolute Gasteiger partial charge is 0.407 e. The van der Waals surface area contributed by atoms with Gasteiger partial charge in [-0.2, -0.15) is 0 Å². The third kappa shape index (κ3) is 1.64. The minimum absolute atomic E-state index is 0.134. The van der Waals surface area contributed by atoms with Crippen LogP contribution >= 0.6 is 0 Å². The van der Waals surface area contributed by atoms with Gasteiger partial charge >= 0.3 is 12.1 Å². The maximum atomic E-state index is 10.7. The van der Waals surface area contributed by atoms with Gasteiger partial charge in [-0.1, -0.05) is 0 Å². The van der Waals surface area contributed by atoms with Gasteiger partial charge in [-0.25, -0.2) is 9.59 Å². The number of carboxylic acids is 1. The highest BCUT2D eigenvalue weighted by Gasteiger charge is 2.47. The number of hydrogen-bond acceptors (Lipinski definition) is 4. The molecule has 0 spiro atoms. The molecule has 0 bridgehead atoms. The highest BCUT2D eigenvalue weighted by molar-refractivity contribution is 5.80. The van der Waals surface area contributed by atoms with Crippen molar-refractivity contribution in [1.29, 1.82) is 0 Å². The van der Waals surface area contributed by atoms with E-state index in [1.807, 2.05) is 0 Å². The van der Waals surface area contributed by atoms with Gasteiger partial charge in [0.05, 0.1) is 6.54 Å². The number of hydrogen-bond donors (Lipinski definition) is 4. The van der Waals surface area contributed by atoms with Gasteiger partial charge in [0.25, 0.3) is 0 Å². The summed E-state index contributed by atoms with van der Waals surface area (Å²) >= 11 is 0. The number of rotatable bonds is 1. The molecule has 80 valence electrons. The molecule has 7 heteroatoms. The summed E-state index contributed by atoms with van der Waals surface area (Å²) in [7, 11) is 0. The van der Waals surface area contributed by atoms with Crippen LogP contribution in [0.1, 0.15) is 6.42 Å². The number of β-amino-alcohol motifs (C(OH)–C–C–N with tert-alkyl or cyclic N) is 1. The minimum Gasteiger partial charge on any atom is -0.479 e. The number of likely N-dealkylation sites (tertiary alicyclic amines) is 1. The lowest BCUT2D eigenvalue weighted by Gasteiger charge is -2.39. The zero-order valence-corrected chi connectivity index (χ0v) is 7.38. The monoisotopic (exact) mass is 204 g/mol. The van der Waals surface area contributed by atoms with Crippen molar-refractivity contribution >= 4 is 12.1 Å². The summed E-state index contributed by atoms with van der Waals surface area (Å²) in [6, 6.07) is -0.935. The summed E-state index contributed by atoms with van der Waals surface area (Å²) in [6.07, 6.45) is -1.12. The van der Waals surface area contributed by atoms with Crippen LogP contribution in [0.15, 0.2) is 0 Å². The van der Waals surface area contributed by atoms with Crippen LogP contribution in [0.3, 0.4) is 0 Å². The van der Waals surface area contributed by atoms with E-state index in [9.17, 15) is 14.7 Å². The third-order valence-electron chi connectivity index (χ3n) is 2.40. The SMILES string of the molecule is N[C@@H]1CCN(C(=O)O)C[C@]1(O)C(=O)O. The lowest BCUT2D eigenvalue weighted by atomic mass is 9.88. The quantitative estimate of drug-likeness (QED) is 0.412. The van der Waals surface area contributed by atoms with E-state index in [0.717, 1.165) is 4.90 Å². The molecule has 1 aliphatic heterocycles. The highest BCUT2D eigenvalue weighted by Crippen LogP contribution is 2.20. The van der Waals surface area contributed by atoms with Crippen LogP contribution in [0.25, 0.3) is 0 Å². The van der Waals surface area contributed by atoms with Gasteiger partial charge in [0.1, 0.15) is 0 Å². The van der Waals surface area contributed by atoms with Gasteiger partial charge in [-0.3, -0.25) is 0 Å². The summed E-state index contributed by atoms with van der Waals surface area (Å²) in [4.78, 5) is 22.1. The Bertz CT molecular complexity index is 269. The van der Waals surface area contributed by atoms with Crippen molar-refractivity contribution in [1.82, 2.24) is 4.90 Å². The number of aliphatic hydroxyl groups is 1. The Morgan fingerprint density at radius 3 is 2.43 bits per heavy atom. The second kappa shape index (κ2) is 3.43. The minimum atomic E-state index is -2.17. The molecule has 0 radical (unpaired) electrons. The summed E-state index contributed by atoms with van der Waals surface area (Å²) in [5.74, 6) is -1.49. The first kappa shape index (κ1) is 10.7. The molecular formula is C7H12N2O5. The second-order valence-corrected chi connectivity index (χ2v) is 3.33. The normalized spacial score (nSPS) is 32.7. The highest BCUT2D eigenvalue weighted by atomic mass is 16.4. The van der Waals surface area contributed by atoms with Gasteiger partial charge in [0, 0.05) is 12.6 Å². The van der Waals surface area contributed by atoms with Crippen molar-refractivity contribution in [2.45, 2.75) is 18.1 Å². The van der Waals surface area contributed by atoms with Gasteiger partial charge in [-0.15, -0.1) is 0 Å². The topological polar surface area (TPSA) is 124 Å². The average molecular weight is 204 g/mol. The fourth-order valence-electron chi connectivity index (χ4n) is 1.41. The largest absolute Gasteiger partial charge is 0.479 e. The zero-order valence-electron chi connectivity index (χ0n) is 7.38. The van der Waals surface area contributed by atoms with E-state index in [4.69, 9.17) is 15.9 Å². The predicted molar refractivity (Wildman–Crippen MR) is 44.8 cm³/mol. The molecule has 5 N–H and O–H groups in total. The Morgan fingerprint density at radius 2 is 2.00 bits per heavy atom. The number of nitrogens with two attached hydrogens (primary N) is 1. The summed E-state index contributed by atoms with van der Waals surface area (Å²) in [6.45, 7) is -0.342.